The standard InChI is InChI=1S/C7H12N4O2S/c1-2-13-6-9-5(8)10-7(11-6)14-4-3-12/h12H,2-4H2,1H3,(H2,8,9,10,11). The maximum atomic E-state index is 8.62. The van der Waals surface area contributed by atoms with Gasteiger partial charge in [-0.1, -0.05) is 11.8 Å². The van der Waals surface area contributed by atoms with Crippen LogP contribution in [0.4, 0.5) is 5.95 Å². The molecule has 0 aliphatic carbocycles. The van der Waals surface area contributed by atoms with Crippen molar-refractivity contribution in [3.8, 4) is 6.01 Å². The zero-order valence-corrected chi connectivity index (χ0v) is 8.62. The Bertz CT molecular complexity index is 297. The summed E-state index contributed by atoms with van der Waals surface area (Å²) in [5.74, 6) is 0.651. The topological polar surface area (TPSA) is 94.2 Å². The molecule has 0 saturated heterocycles. The quantitative estimate of drug-likeness (QED) is 0.665. The maximum absolute atomic E-state index is 8.62. The van der Waals surface area contributed by atoms with E-state index < -0.39 is 0 Å². The third-order valence-electron chi connectivity index (χ3n) is 1.21. The Hall–Kier alpha value is -1.08. The number of rotatable bonds is 5. The van der Waals surface area contributed by atoms with Crippen molar-refractivity contribution in [1.82, 2.24) is 15.0 Å². The van der Waals surface area contributed by atoms with Crippen LogP contribution < -0.4 is 10.5 Å². The highest BCUT2D eigenvalue weighted by atomic mass is 32.2. The zero-order chi connectivity index (χ0) is 10.4. The van der Waals surface area contributed by atoms with Crippen LogP contribution in [-0.4, -0.2) is 39.0 Å². The first-order chi connectivity index (χ1) is 6.76. The largest absolute Gasteiger partial charge is 0.464 e. The molecule has 78 valence electrons. The molecule has 0 radical (unpaired) electrons. The molecule has 6 nitrogen and oxygen atoms in total. The van der Waals surface area contributed by atoms with Crippen LogP contribution in [-0.2, 0) is 0 Å². The van der Waals surface area contributed by atoms with Gasteiger partial charge in [0.2, 0.25) is 5.95 Å². The minimum atomic E-state index is 0.0697. The molecule has 1 rings (SSSR count). The molecule has 14 heavy (non-hydrogen) atoms. The number of nitrogens with zero attached hydrogens (tertiary/aromatic N) is 3. The molecule has 1 heterocycles. The lowest BCUT2D eigenvalue weighted by Crippen LogP contribution is -2.04. The molecule has 0 spiro atoms. The lowest BCUT2D eigenvalue weighted by molar-refractivity contribution is 0.308. The fourth-order valence-electron chi connectivity index (χ4n) is 0.748. The molecule has 0 aromatic carbocycles. The van der Waals surface area contributed by atoms with Crippen molar-refractivity contribution in [3.05, 3.63) is 0 Å². The van der Waals surface area contributed by atoms with Crippen LogP contribution in [0, 0.1) is 0 Å². The summed E-state index contributed by atoms with van der Waals surface area (Å²) in [6.45, 7) is 2.38. The highest BCUT2D eigenvalue weighted by Crippen LogP contribution is 2.15. The first-order valence-electron chi connectivity index (χ1n) is 4.14. The Kier molecular flexibility index (Phi) is 4.41. The summed E-state index contributed by atoms with van der Waals surface area (Å²) in [6, 6.07) is 0.223. The average Bonchev–Trinajstić information content (AvgIpc) is 2.14. The van der Waals surface area contributed by atoms with Gasteiger partial charge in [-0.2, -0.15) is 15.0 Å². The summed E-state index contributed by atoms with van der Waals surface area (Å²) in [4.78, 5) is 11.7. The van der Waals surface area contributed by atoms with Gasteiger partial charge in [0.25, 0.3) is 0 Å². The number of aliphatic hydroxyl groups excluding tert-OH is 1. The van der Waals surface area contributed by atoms with E-state index in [0.717, 1.165) is 0 Å². The predicted octanol–water partition coefficient (Wildman–Crippen LogP) is -0.0631. The lowest BCUT2D eigenvalue weighted by atomic mass is 10.8. The predicted molar refractivity (Wildman–Crippen MR) is 53.2 cm³/mol. The highest BCUT2D eigenvalue weighted by molar-refractivity contribution is 7.99. The van der Waals surface area contributed by atoms with Gasteiger partial charge < -0.3 is 15.6 Å². The van der Waals surface area contributed by atoms with Crippen molar-refractivity contribution < 1.29 is 9.84 Å². The van der Waals surface area contributed by atoms with E-state index in [1.807, 2.05) is 6.92 Å². The van der Waals surface area contributed by atoms with Crippen molar-refractivity contribution in [2.24, 2.45) is 0 Å². The van der Waals surface area contributed by atoms with Crippen molar-refractivity contribution in [1.29, 1.82) is 0 Å². The summed E-state index contributed by atoms with van der Waals surface area (Å²) in [7, 11) is 0. The van der Waals surface area contributed by atoms with Crippen molar-refractivity contribution >= 4 is 17.7 Å². The van der Waals surface area contributed by atoms with E-state index in [1.54, 1.807) is 0 Å². The molecular weight excluding hydrogens is 204 g/mol. The van der Waals surface area contributed by atoms with Gasteiger partial charge in [-0.15, -0.1) is 0 Å². The van der Waals surface area contributed by atoms with E-state index in [2.05, 4.69) is 15.0 Å². The summed E-state index contributed by atoms with van der Waals surface area (Å²) >= 11 is 1.30. The van der Waals surface area contributed by atoms with E-state index in [0.29, 0.717) is 17.5 Å². The lowest BCUT2D eigenvalue weighted by Gasteiger charge is -2.03. The van der Waals surface area contributed by atoms with Crippen LogP contribution in [0.5, 0.6) is 6.01 Å². The van der Waals surface area contributed by atoms with Crippen LogP contribution >= 0.6 is 11.8 Å². The van der Waals surface area contributed by atoms with Gasteiger partial charge in [-0.05, 0) is 6.92 Å². The number of aliphatic hydroxyl groups is 1. The van der Waals surface area contributed by atoms with Gasteiger partial charge in [-0.3, -0.25) is 0 Å². The fraction of sp³-hybridized carbons (Fsp3) is 0.571. The second-order valence-electron chi connectivity index (χ2n) is 2.26. The second-order valence-corrected chi connectivity index (χ2v) is 3.33. The Morgan fingerprint density at radius 3 is 2.86 bits per heavy atom. The molecule has 0 amide bonds. The Balaban J connectivity index is 2.73. The molecule has 7 heteroatoms. The first-order valence-corrected chi connectivity index (χ1v) is 5.12. The van der Waals surface area contributed by atoms with Crippen LogP contribution in [0.3, 0.4) is 0 Å². The minimum absolute atomic E-state index is 0.0697. The highest BCUT2D eigenvalue weighted by Gasteiger charge is 2.04. The smallest absolute Gasteiger partial charge is 0.322 e. The van der Waals surface area contributed by atoms with Crippen LogP contribution in [0.25, 0.3) is 0 Å². The number of hydrogen-bond donors (Lipinski definition) is 2. The van der Waals surface area contributed by atoms with E-state index in [1.165, 1.54) is 11.8 Å². The number of ether oxygens (including phenoxy) is 1. The Morgan fingerprint density at radius 1 is 1.43 bits per heavy atom. The number of nitrogen functional groups attached to an aromatic ring is 1. The monoisotopic (exact) mass is 216 g/mol. The number of aromatic nitrogens is 3. The molecule has 0 bridgehead atoms. The molecular formula is C7H12N4O2S. The van der Waals surface area contributed by atoms with E-state index >= 15 is 0 Å². The fourth-order valence-corrected chi connectivity index (χ4v) is 1.32. The number of nitrogens with two attached hydrogens (primary N) is 1. The number of hydrogen-bond acceptors (Lipinski definition) is 7. The maximum Gasteiger partial charge on any atom is 0.322 e. The molecule has 0 aliphatic heterocycles. The number of thioether (sulfide) groups is 1. The van der Waals surface area contributed by atoms with E-state index in [9.17, 15) is 0 Å². The first kappa shape index (κ1) is 11.0. The summed E-state index contributed by atoms with van der Waals surface area (Å²) in [5.41, 5.74) is 5.44. The molecule has 0 aliphatic rings. The Labute approximate surface area is 85.9 Å². The third-order valence-corrected chi connectivity index (χ3v) is 2.04. The van der Waals surface area contributed by atoms with Gasteiger partial charge in [0.15, 0.2) is 5.16 Å². The second kappa shape index (κ2) is 5.61. The molecule has 0 fully saturated rings. The molecule has 1 aromatic heterocycles. The van der Waals surface area contributed by atoms with Crippen LogP contribution in [0.1, 0.15) is 6.92 Å². The van der Waals surface area contributed by atoms with Gasteiger partial charge in [0.05, 0.1) is 13.2 Å². The van der Waals surface area contributed by atoms with Crippen LogP contribution in [0.15, 0.2) is 5.16 Å². The van der Waals surface area contributed by atoms with Gasteiger partial charge >= 0.3 is 6.01 Å². The molecule has 3 N–H and O–H groups in total. The molecule has 1 aromatic rings. The van der Waals surface area contributed by atoms with Crippen molar-refractivity contribution in [2.75, 3.05) is 24.7 Å². The summed E-state index contributed by atoms with van der Waals surface area (Å²) < 4.78 is 5.09. The van der Waals surface area contributed by atoms with Gasteiger partial charge in [0, 0.05) is 5.75 Å². The number of anilines is 1. The summed E-state index contributed by atoms with van der Waals surface area (Å²) in [5, 5.41) is 9.08. The molecule has 0 atom stereocenters. The van der Waals surface area contributed by atoms with Crippen LogP contribution in [0.2, 0.25) is 0 Å². The van der Waals surface area contributed by atoms with Crippen molar-refractivity contribution in [3.63, 3.8) is 0 Å². The molecule has 0 unspecified atom stereocenters. The van der Waals surface area contributed by atoms with Gasteiger partial charge in [-0.25, -0.2) is 0 Å². The van der Waals surface area contributed by atoms with E-state index in [4.69, 9.17) is 15.6 Å². The van der Waals surface area contributed by atoms with E-state index in [-0.39, 0.29) is 18.6 Å². The SMILES string of the molecule is CCOc1nc(N)nc(SCCO)n1. The minimum Gasteiger partial charge on any atom is -0.464 e. The summed E-state index contributed by atoms with van der Waals surface area (Å²) in [6.07, 6.45) is 0. The normalized spacial score (nSPS) is 10.1. The third kappa shape index (κ3) is 3.35. The Morgan fingerprint density at radius 2 is 2.21 bits per heavy atom. The van der Waals surface area contributed by atoms with Crippen molar-refractivity contribution in [2.45, 2.75) is 12.1 Å². The zero-order valence-electron chi connectivity index (χ0n) is 7.80. The van der Waals surface area contributed by atoms with Gasteiger partial charge in [0.1, 0.15) is 0 Å². The molecule has 0 saturated carbocycles. The average molecular weight is 216 g/mol.